The molecule has 0 saturated carbocycles. The number of carboxylic acid groups (broad SMARTS) is 1. The number of aromatic hydroxyl groups is 1. The fourth-order valence-electron chi connectivity index (χ4n) is 7.64. The number of carbonyl (C=O) groups excluding carboxylic acids is 2. The summed E-state index contributed by atoms with van der Waals surface area (Å²) in [6.07, 6.45) is 7.42. The number of rotatable bonds is 14. The van der Waals surface area contributed by atoms with E-state index >= 15 is 0 Å². The molecule has 2 aromatic carbocycles. The van der Waals surface area contributed by atoms with E-state index < -0.39 is 31.0 Å². The number of phenolic OH excluding ortho intramolecular Hbond substituents is 1. The lowest BCUT2D eigenvalue weighted by Gasteiger charge is -2.43. The molecule has 3 N–H and O–H groups in total. The predicted octanol–water partition coefficient (Wildman–Crippen LogP) is 5.60. The molecule has 4 atom stereocenters. The van der Waals surface area contributed by atoms with Crippen LogP contribution in [0.25, 0.3) is 16.8 Å². The molecular weight excluding hydrogens is 573 g/mol. The van der Waals surface area contributed by atoms with E-state index in [1.165, 1.54) is 10.5 Å². The quantitative estimate of drug-likeness (QED) is 0.108. The Labute approximate surface area is 265 Å². The molecule has 2 heterocycles. The first-order chi connectivity index (χ1) is 21.7. The van der Waals surface area contributed by atoms with Gasteiger partial charge in [-0.05, 0) is 78.9 Å². The van der Waals surface area contributed by atoms with Crippen LogP contribution in [0.4, 0.5) is 0 Å². The number of amides is 2. The van der Waals surface area contributed by atoms with Gasteiger partial charge in [0.25, 0.3) is 0 Å². The van der Waals surface area contributed by atoms with E-state index in [9.17, 15) is 24.5 Å². The zero-order chi connectivity index (χ0) is 32.1. The second-order valence-electron chi connectivity index (χ2n) is 12.6. The molecule has 0 bridgehead atoms. The second-order valence-corrected chi connectivity index (χ2v) is 12.6. The van der Waals surface area contributed by atoms with E-state index in [2.05, 4.69) is 13.0 Å². The fourth-order valence-corrected chi connectivity index (χ4v) is 7.64. The maximum atomic E-state index is 13.7. The summed E-state index contributed by atoms with van der Waals surface area (Å²) < 4.78 is 11.8. The van der Waals surface area contributed by atoms with Gasteiger partial charge in [-0.2, -0.15) is 0 Å². The lowest BCUT2D eigenvalue weighted by atomic mass is 9.58. The fraction of sp³-hybridized carbons (Fsp3) is 0.514. The number of unbranched alkanes of at least 4 members (excludes halogenated alkanes) is 2. The molecule has 5 rings (SSSR count). The number of aliphatic carboxylic acids is 1. The van der Waals surface area contributed by atoms with E-state index in [4.69, 9.17) is 14.5 Å². The SMILES string of the molecule is CCC/C(=C\c1ccc(O)c2ccccc12)CC[C@H]1OB(O)C[C@H]2C1=C(COC)C[C@H]1C(=O)N(CCCCCC(=O)O)C(=O)[C@H]12. The van der Waals surface area contributed by atoms with E-state index in [0.717, 1.165) is 46.7 Å². The first-order valence-corrected chi connectivity index (χ1v) is 16.2. The minimum atomic E-state index is -1.04. The number of imide groups is 1. The highest BCUT2D eigenvalue weighted by molar-refractivity contribution is 6.43. The van der Waals surface area contributed by atoms with Gasteiger partial charge in [0.05, 0.1) is 24.5 Å². The predicted molar refractivity (Wildman–Crippen MR) is 172 cm³/mol. The highest BCUT2D eigenvalue weighted by Gasteiger charge is 2.57. The number of benzene rings is 2. The Morgan fingerprint density at radius 2 is 1.82 bits per heavy atom. The Bertz CT molecular complexity index is 1490. The summed E-state index contributed by atoms with van der Waals surface area (Å²) in [5, 5.41) is 31.9. The number of phenols is 1. The van der Waals surface area contributed by atoms with Crippen LogP contribution in [0.15, 0.2) is 53.1 Å². The van der Waals surface area contributed by atoms with Crippen molar-refractivity contribution >= 4 is 41.8 Å². The summed E-state index contributed by atoms with van der Waals surface area (Å²) in [6.45, 7) is 2.76. The normalized spacial score (nSPS) is 23.6. The van der Waals surface area contributed by atoms with Gasteiger partial charge in [-0.3, -0.25) is 19.3 Å². The number of hydrogen-bond donors (Lipinski definition) is 3. The largest absolute Gasteiger partial charge is 0.507 e. The molecule has 0 radical (unpaired) electrons. The summed E-state index contributed by atoms with van der Waals surface area (Å²) in [4.78, 5) is 39.5. The number of carbonyl (C=O) groups is 3. The molecule has 240 valence electrons. The van der Waals surface area contributed by atoms with Crippen LogP contribution >= 0.6 is 0 Å². The minimum absolute atomic E-state index is 0.0723. The van der Waals surface area contributed by atoms with Gasteiger partial charge in [0, 0.05) is 25.5 Å². The molecule has 9 nitrogen and oxygen atoms in total. The van der Waals surface area contributed by atoms with Crippen molar-refractivity contribution in [2.75, 3.05) is 20.3 Å². The molecule has 2 amide bonds. The summed E-state index contributed by atoms with van der Waals surface area (Å²) in [5.41, 5.74) is 4.25. The average Bonchev–Trinajstić information content (AvgIpc) is 3.25. The molecule has 1 aliphatic carbocycles. The van der Waals surface area contributed by atoms with Crippen molar-refractivity contribution in [1.29, 1.82) is 0 Å². The number of methoxy groups -OCH3 is 1. The van der Waals surface area contributed by atoms with Crippen molar-refractivity contribution < 1.29 is 39.0 Å². The van der Waals surface area contributed by atoms with Crippen LogP contribution in [0.5, 0.6) is 5.75 Å². The van der Waals surface area contributed by atoms with Crippen molar-refractivity contribution in [2.45, 2.75) is 77.1 Å². The van der Waals surface area contributed by atoms with Crippen LogP contribution in [0.1, 0.15) is 70.3 Å². The Morgan fingerprint density at radius 3 is 2.56 bits per heavy atom. The number of fused-ring (bicyclic) bond motifs is 4. The van der Waals surface area contributed by atoms with E-state index in [0.29, 0.717) is 38.7 Å². The van der Waals surface area contributed by atoms with Crippen molar-refractivity contribution in [2.24, 2.45) is 17.8 Å². The number of likely N-dealkylation sites (tertiary alicyclic amines) is 1. The van der Waals surface area contributed by atoms with Crippen LogP contribution in [-0.2, 0) is 23.8 Å². The van der Waals surface area contributed by atoms with Crippen molar-refractivity contribution in [3.8, 4) is 5.75 Å². The molecule has 45 heavy (non-hydrogen) atoms. The maximum absolute atomic E-state index is 13.7. The summed E-state index contributed by atoms with van der Waals surface area (Å²) >= 11 is 0. The monoisotopic (exact) mass is 617 g/mol. The molecule has 10 heteroatoms. The molecule has 0 aromatic heterocycles. The Kier molecular flexibility index (Phi) is 10.8. The topological polar surface area (TPSA) is 134 Å². The molecule has 2 fully saturated rings. The van der Waals surface area contributed by atoms with Crippen molar-refractivity contribution in [3.63, 3.8) is 0 Å². The first kappa shape index (κ1) is 32.9. The van der Waals surface area contributed by atoms with Gasteiger partial charge in [0.15, 0.2) is 0 Å². The number of ether oxygens (including phenoxy) is 1. The molecular formula is C35H44BNO8. The van der Waals surface area contributed by atoms with E-state index in [1.807, 2.05) is 30.3 Å². The van der Waals surface area contributed by atoms with Gasteiger partial charge in [-0.25, -0.2) is 0 Å². The van der Waals surface area contributed by atoms with Crippen LogP contribution in [-0.4, -0.2) is 71.4 Å². The van der Waals surface area contributed by atoms with Crippen LogP contribution in [0, 0.1) is 17.8 Å². The number of carboxylic acids is 1. The summed E-state index contributed by atoms with van der Waals surface area (Å²) in [5.74, 6) is -2.31. The van der Waals surface area contributed by atoms with Gasteiger partial charge < -0.3 is 24.6 Å². The Hall–Kier alpha value is -3.47. The van der Waals surface area contributed by atoms with Gasteiger partial charge in [0.1, 0.15) is 5.75 Å². The van der Waals surface area contributed by atoms with Gasteiger partial charge in [-0.1, -0.05) is 61.7 Å². The molecule has 2 aromatic rings. The summed E-state index contributed by atoms with van der Waals surface area (Å²) in [7, 11) is 0.580. The zero-order valence-corrected chi connectivity index (χ0v) is 26.2. The van der Waals surface area contributed by atoms with Gasteiger partial charge in [-0.15, -0.1) is 0 Å². The molecule has 2 saturated heterocycles. The van der Waals surface area contributed by atoms with E-state index in [-0.39, 0.29) is 42.8 Å². The summed E-state index contributed by atoms with van der Waals surface area (Å²) in [6, 6.07) is 11.5. The van der Waals surface area contributed by atoms with Crippen molar-refractivity contribution in [3.05, 3.63) is 58.7 Å². The van der Waals surface area contributed by atoms with Crippen LogP contribution in [0.3, 0.4) is 0 Å². The standard InChI is InChI=1S/C35H44BNO8/c1-3-9-22(18-23-14-15-29(38)26-11-7-6-10-25(23)26)13-16-30-32-24(21-44-2)19-27-33(28(32)20-36(43)45-30)35(42)37(34(27)41)17-8-4-5-12-31(39)40/h6-7,10-11,14-15,18,27-28,30,33,38,43H,3-5,8-9,12-13,16-17,19-21H2,1-2H3,(H,39,40)/b22-18+/t27-,28+,30-,33-/m1/s1. The van der Waals surface area contributed by atoms with Crippen molar-refractivity contribution in [1.82, 2.24) is 4.90 Å². The zero-order valence-electron chi connectivity index (χ0n) is 26.2. The van der Waals surface area contributed by atoms with E-state index in [1.54, 1.807) is 13.2 Å². The third kappa shape index (κ3) is 7.18. The highest BCUT2D eigenvalue weighted by Crippen LogP contribution is 2.50. The maximum Gasteiger partial charge on any atom is 0.455 e. The smallest absolute Gasteiger partial charge is 0.455 e. The Balaban J connectivity index is 1.37. The third-order valence-electron chi connectivity index (χ3n) is 9.58. The minimum Gasteiger partial charge on any atom is -0.507 e. The lowest BCUT2D eigenvalue weighted by molar-refractivity contribution is -0.141. The average molecular weight is 618 g/mol. The number of hydrogen-bond acceptors (Lipinski definition) is 7. The number of nitrogens with zero attached hydrogens (tertiary/aromatic N) is 1. The molecule has 2 aliphatic heterocycles. The third-order valence-corrected chi connectivity index (χ3v) is 9.58. The first-order valence-electron chi connectivity index (χ1n) is 16.2. The van der Waals surface area contributed by atoms with Crippen LogP contribution in [0.2, 0.25) is 6.32 Å². The molecule has 0 unspecified atom stereocenters. The van der Waals surface area contributed by atoms with Gasteiger partial charge in [0.2, 0.25) is 11.8 Å². The molecule has 3 aliphatic rings. The lowest BCUT2D eigenvalue weighted by Crippen LogP contribution is -2.46. The highest BCUT2D eigenvalue weighted by atomic mass is 16.5. The molecule has 0 spiro atoms. The van der Waals surface area contributed by atoms with Crippen LogP contribution < -0.4 is 0 Å². The number of allylic oxidation sites excluding steroid dienone is 1. The second kappa shape index (κ2) is 14.8. The van der Waals surface area contributed by atoms with Gasteiger partial charge >= 0.3 is 13.1 Å². The Morgan fingerprint density at radius 1 is 1.04 bits per heavy atom.